The molecule has 0 bridgehead atoms. The second-order valence-electron chi connectivity index (χ2n) is 4.14. The summed E-state index contributed by atoms with van der Waals surface area (Å²) in [6.07, 6.45) is 0. The van der Waals surface area contributed by atoms with Gasteiger partial charge in [-0.15, -0.1) is 11.3 Å². The van der Waals surface area contributed by atoms with Gasteiger partial charge in [0.15, 0.2) is 0 Å². The molecule has 0 atom stereocenters. The summed E-state index contributed by atoms with van der Waals surface area (Å²) in [5, 5.41) is 3.66. The van der Waals surface area contributed by atoms with Crippen molar-refractivity contribution in [2.24, 2.45) is 0 Å². The number of hydrogen-bond donors (Lipinski definition) is 1. The molecule has 94 valence electrons. The summed E-state index contributed by atoms with van der Waals surface area (Å²) in [6.45, 7) is 0. The number of benzene rings is 2. The molecule has 0 saturated carbocycles. The van der Waals surface area contributed by atoms with Crippen molar-refractivity contribution in [2.75, 3.05) is 5.73 Å². The lowest BCUT2D eigenvalue weighted by molar-refractivity contribution is 1.40. The zero-order valence-corrected chi connectivity index (χ0v) is 11.6. The van der Waals surface area contributed by atoms with Crippen molar-refractivity contribution < 1.29 is 0 Å². The number of anilines is 1. The number of nitrogens with zero attached hydrogens (tertiary/aromatic N) is 1. The predicted octanol–water partition coefficient (Wildman–Crippen LogP) is 4.71. The SMILES string of the molecule is Nc1ccccc1-c1nc(-c2cccc(Cl)c2)cs1. The summed E-state index contributed by atoms with van der Waals surface area (Å²) in [5.74, 6) is 0. The zero-order valence-electron chi connectivity index (χ0n) is 10.0. The maximum atomic E-state index is 6.00. The Morgan fingerprint density at radius 2 is 1.89 bits per heavy atom. The van der Waals surface area contributed by atoms with Gasteiger partial charge in [0.25, 0.3) is 0 Å². The van der Waals surface area contributed by atoms with Gasteiger partial charge in [-0.05, 0) is 24.3 Å². The van der Waals surface area contributed by atoms with E-state index in [1.165, 1.54) is 0 Å². The molecule has 2 aromatic carbocycles. The number of thiazole rings is 1. The van der Waals surface area contributed by atoms with Crippen LogP contribution in [0.5, 0.6) is 0 Å². The third-order valence-corrected chi connectivity index (χ3v) is 3.93. The Hall–Kier alpha value is -1.84. The third-order valence-electron chi connectivity index (χ3n) is 2.82. The Bertz CT molecular complexity index is 721. The Morgan fingerprint density at radius 3 is 2.68 bits per heavy atom. The van der Waals surface area contributed by atoms with Crippen molar-refractivity contribution in [2.45, 2.75) is 0 Å². The van der Waals surface area contributed by atoms with Crippen LogP contribution < -0.4 is 5.73 Å². The number of halogens is 1. The molecule has 0 spiro atoms. The largest absolute Gasteiger partial charge is 0.398 e. The molecule has 3 rings (SSSR count). The van der Waals surface area contributed by atoms with Crippen LogP contribution in [0.1, 0.15) is 0 Å². The second kappa shape index (κ2) is 5.03. The molecule has 2 nitrogen and oxygen atoms in total. The van der Waals surface area contributed by atoms with E-state index in [4.69, 9.17) is 17.3 Å². The first-order chi connectivity index (χ1) is 9.24. The summed E-state index contributed by atoms with van der Waals surface area (Å²) in [6, 6.07) is 15.4. The summed E-state index contributed by atoms with van der Waals surface area (Å²) in [7, 11) is 0. The van der Waals surface area contributed by atoms with E-state index in [-0.39, 0.29) is 0 Å². The van der Waals surface area contributed by atoms with Gasteiger partial charge in [0, 0.05) is 27.2 Å². The lowest BCUT2D eigenvalue weighted by atomic mass is 10.1. The average Bonchev–Trinajstić information content (AvgIpc) is 2.89. The molecule has 0 aliphatic heterocycles. The van der Waals surface area contributed by atoms with Crippen LogP contribution in [-0.2, 0) is 0 Å². The van der Waals surface area contributed by atoms with E-state index in [1.807, 2.05) is 53.9 Å². The van der Waals surface area contributed by atoms with Crippen molar-refractivity contribution in [1.82, 2.24) is 4.98 Å². The highest BCUT2D eigenvalue weighted by atomic mass is 35.5. The second-order valence-corrected chi connectivity index (χ2v) is 5.43. The Morgan fingerprint density at radius 1 is 1.05 bits per heavy atom. The van der Waals surface area contributed by atoms with Crippen LogP contribution in [0.2, 0.25) is 5.02 Å². The van der Waals surface area contributed by atoms with Gasteiger partial charge in [0.05, 0.1) is 5.69 Å². The van der Waals surface area contributed by atoms with Gasteiger partial charge in [-0.25, -0.2) is 4.98 Å². The smallest absolute Gasteiger partial charge is 0.126 e. The molecule has 0 fully saturated rings. The minimum atomic E-state index is 0.714. The predicted molar refractivity (Wildman–Crippen MR) is 82.4 cm³/mol. The van der Waals surface area contributed by atoms with E-state index in [2.05, 4.69) is 4.98 Å². The van der Waals surface area contributed by atoms with E-state index in [9.17, 15) is 0 Å². The van der Waals surface area contributed by atoms with Gasteiger partial charge in [0.1, 0.15) is 5.01 Å². The highest BCUT2D eigenvalue weighted by molar-refractivity contribution is 7.13. The van der Waals surface area contributed by atoms with E-state index in [0.717, 1.165) is 27.5 Å². The minimum absolute atomic E-state index is 0.714. The number of rotatable bonds is 2. The first-order valence-corrected chi connectivity index (χ1v) is 7.06. The van der Waals surface area contributed by atoms with Crippen molar-refractivity contribution in [1.29, 1.82) is 0 Å². The fourth-order valence-corrected chi connectivity index (χ4v) is 2.94. The summed E-state index contributed by atoms with van der Waals surface area (Å²) < 4.78 is 0. The summed E-state index contributed by atoms with van der Waals surface area (Å²) in [5.41, 5.74) is 9.63. The van der Waals surface area contributed by atoms with Crippen molar-refractivity contribution in [3.05, 3.63) is 58.9 Å². The fourth-order valence-electron chi connectivity index (χ4n) is 1.87. The maximum Gasteiger partial charge on any atom is 0.126 e. The normalized spacial score (nSPS) is 10.6. The van der Waals surface area contributed by atoms with Crippen LogP contribution in [0.4, 0.5) is 5.69 Å². The van der Waals surface area contributed by atoms with Gasteiger partial charge in [-0.3, -0.25) is 0 Å². The Balaban J connectivity index is 2.03. The van der Waals surface area contributed by atoms with Crippen LogP contribution in [0.25, 0.3) is 21.8 Å². The zero-order chi connectivity index (χ0) is 13.2. The average molecular weight is 287 g/mol. The van der Waals surface area contributed by atoms with E-state index in [1.54, 1.807) is 11.3 Å². The lowest BCUT2D eigenvalue weighted by Gasteiger charge is -2.00. The number of nitrogens with two attached hydrogens (primary N) is 1. The van der Waals surface area contributed by atoms with Gasteiger partial charge in [0.2, 0.25) is 0 Å². The lowest BCUT2D eigenvalue weighted by Crippen LogP contribution is -1.88. The van der Waals surface area contributed by atoms with Crippen molar-refractivity contribution in [3.8, 4) is 21.8 Å². The van der Waals surface area contributed by atoms with Crippen LogP contribution in [0, 0.1) is 0 Å². The Kier molecular flexibility index (Phi) is 3.23. The molecule has 1 heterocycles. The molecule has 0 aliphatic rings. The standard InChI is InChI=1S/C15H11ClN2S/c16-11-5-3-4-10(8-11)14-9-19-15(18-14)12-6-1-2-7-13(12)17/h1-9H,17H2. The molecule has 2 N–H and O–H groups in total. The molecular weight excluding hydrogens is 276 g/mol. The minimum Gasteiger partial charge on any atom is -0.398 e. The molecule has 4 heteroatoms. The molecule has 3 aromatic rings. The number of hydrogen-bond acceptors (Lipinski definition) is 3. The maximum absolute atomic E-state index is 6.00. The van der Waals surface area contributed by atoms with Gasteiger partial charge in [-0.2, -0.15) is 0 Å². The van der Waals surface area contributed by atoms with Crippen LogP contribution >= 0.6 is 22.9 Å². The van der Waals surface area contributed by atoms with Crippen LogP contribution in [0.15, 0.2) is 53.9 Å². The molecule has 0 unspecified atom stereocenters. The first kappa shape index (κ1) is 12.2. The molecule has 1 aromatic heterocycles. The molecule has 0 aliphatic carbocycles. The van der Waals surface area contributed by atoms with Gasteiger partial charge < -0.3 is 5.73 Å². The summed E-state index contributed by atoms with van der Waals surface area (Å²) in [4.78, 5) is 4.63. The molecule has 19 heavy (non-hydrogen) atoms. The van der Waals surface area contributed by atoms with Gasteiger partial charge >= 0.3 is 0 Å². The fraction of sp³-hybridized carbons (Fsp3) is 0. The molecular formula is C15H11ClN2S. The molecule has 0 amide bonds. The topological polar surface area (TPSA) is 38.9 Å². The highest BCUT2D eigenvalue weighted by Crippen LogP contribution is 2.32. The first-order valence-electron chi connectivity index (χ1n) is 5.80. The van der Waals surface area contributed by atoms with Crippen LogP contribution in [0.3, 0.4) is 0 Å². The summed E-state index contributed by atoms with van der Waals surface area (Å²) >= 11 is 7.58. The van der Waals surface area contributed by atoms with Crippen molar-refractivity contribution >= 4 is 28.6 Å². The number of para-hydroxylation sites is 1. The highest BCUT2D eigenvalue weighted by Gasteiger charge is 2.08. The number of aromatic nitrogens is 1. The van der Waals surface area contributed by atoms with E-state index < -0.39 is 0 Å². The van der Waals surface area contributed by atoms with Crippen molar-refractivity contribution in [3.63, 3.8) is 0 Å². The van der Waals surface area contributed by atoms with Crippen LogP contribution in [-0.4, -0.2) is 4.98 Å². The molecule has 0 radical (unpaired) electrons. The monoisotopic (exact) mass is 286 g/mol. The number of nitrogen functional groups attached to an aromatic ring is 1. The molecule has 0 saturated heterocycles. The van der Waals surface area contributed by atoms with Gasteiger partial charge in [-0.1, -0.05) is 35.9 Å². The quantitative estimate of drug-likeness (QED) is 0.693. The Labute approximate surface area is 120 Å². The van der Waals surface area contributed by atoms with E-state index >= 15 is 0 Å². The van der Waals surface area contributed by atoms with E-state index in [0.29, 0.717) is 5.02 Å². The third kappa shape index (κ3) is 2.48.